The molecule has 3 aromatic rings. The minimum Gasteiger partial charge on any atom is -0.456 e. The number of anilines is 1. The summed E-state index contributed by atoms with van der Waals surface area (Å²) in [5.41, 5.74) is 7.18. The van der Waals surface area contributed by atoms with Crippen molar-refractivity contribution in [1.82, 2.24) is 20.3 Å². The van der Waals surface area contributed by atoms with E-state index in [1.54, 1.807) is 5.01 Å². The number of aromatic amines is 1. The van der Waals surface area contributed by atoms with E-state index >= 15 is 0 Å². The number of benzene rings is 1. The molecule has 0 spiro atoms. The van der Waals surface area contributed by atoms with Gasteiger partial charge in [-0.3, -0.25) is 5.01 Å². The summed E-state index contributed by atoms with van der Waals surface area (Å²) in [6.07, 6.45) is 0.297. The van der Waals surface area contributed by atoms with Gasteiger partial charge in [-0.25, -0.2) is 10.8 Å². The number of nitrogens with one attached hydrogen (secondary N) is 2. The van der Waals surface area contributed by atoms with Crippen LogP contribution in [0.1, 0.15) is 5.56 Å². The van der Waals surface area contributed by atoms with E-state index in [9.17, 15) is 5.11 Å². The number of pyridine rings is 1. The number of hydrogen-bond donors (Lipinski definition) is 4. The second kappa shape index (κ2) is 8.74. The normalized spacial score (nSPS) is 27.2. The number of H-pyrrole nitrogens is 1. The lowest BCUT2D eigenvalue weighted by atomic mass is 10.1. The molecule has 10 nitrogen and oxygen atoms in total. The van der Waals surface area contributed by atoms with E-state index in [2.05, 4.69) is 21.9 Å². The van der Waals surface area contributed by atoms with Gasteiger partial charge < -0.3 is 29.6 Å². The Hall–Kier alpha value is -3.28. The molecule has 2 unspecified atom stereocenters. The Bertz CT molecular complexity index is 1300. The van der Waals surface area contributed by atoms with Crippen LogP contribution in [0.4, 0.5) is 5.69 Å². The Morgan fingerprint density at radius 2 is 1.97 bits per heavy atom. The summed E-state index contributed by atoms with van der Waals surface area (Å²) in [5, 5.41) is 14.8. The van der Waals surface area contributed by atoms with Gasteiger partial charge in [0.2, 0.25) is 0 Å². The molecule has 1 aromatic carbocycles. The fraction of sp³-hybridized carbons (Fsp3) is 0.360. The summed E-state index contributed by atoms with van der Waals surface area (Å²) in [6.45, 7) is 8.22. The molecule has 3 aliphatic rings. The number of aryl methyl sites for hydroxylation is 1. The van der Waals surface area contributed by atoms with Crippen LogP contribution in [-0.4, -0.2) is 70.8 Å². The molecule has 0 amide bonds. The van der Waals surface area contributed by atoms with Crippen molar-refractivity contribution in [2.75, 3.05) is 31.3 Å². The van der Waals surface area contributed by atoms with E-state index in [1.165, 1.54) is 0 Å². The molecule has 0 bridgehead atoms. The van der Waals surface area contributed by atoms with Crippen LogP contribution in [0.2, 0.25) is 0 Å². The van der Waals surface area contributed by atoms with Crippen molar-refractivity contribution >= 4 is 16.9 Å². The maximum Gasteiger partial charge on any atom is 0.296 e. The lowest BCUT2D eigenvalue weighted by Crippen LogP contribution is -2.34. The SMILES string of the molecule is C=C1CNC/C1=C/N(N)c1ccc(-c2nc3nc(O[C@@H]4COC5C4OC[C@H]5O)[nH]c3cc2C)cc1. The number of nitrogens with zero attached hydrogens (tertiary/aromatic N) is 3. The van der Waals surface area contributed by atoms with Gasteiger partial charge in [-0.05, 0) is 41.8 Å². The zero-order valence-corrected chi connectivity index (χ0v) is 19.4. The number of hydrazine groups is 1. The molecular weight excluding hydrogens is 448 g/mol. The molecule has 0 saturated carbocycles. The standard InChI is InChI=1S/C25H28N6O4/c1-13-7-18-24(30-25(28-18)35-20-12-34-22-19(32)11-33-23(20)22)29-21(13)15-3-5-17(6-4-15)31(26)10-16-9-27-8-14(16)2/h3-7,10,19-20,22-23,27,32H,2,8-9,11-12,26H2,1H3,(H,28,29,30)/b16-10-/t19-,20-,22?,23?/m1/s1. The van der Waals surface area contributed by atoms with Gasteiger partial charge >= 0.3 is 0 Å². The fourth-order valence-electron chi connectivity index (χ4n) is 4.81. The van der Waals surface area contributed by atoms with Gasteiger partial charge in [0.15, 0.2) is 11.8 Å². The Labute approximate surface area is 202 Å². The number of nitrogens with two attached hydrogens (primary N) is 1. The number of aromatic nitrogens is 3. The topological polar surface area (TPSA) is 131 Å². The molecule has 3 saturated heterocycles. The Kier molecular flexibility index (Phi) is 5.54. The van der Waals surface area contributed by atoms with Gasteiger partial charge in [0, 0.05) is 24.9 Å². The van der Waals surface area contributed by atoms with Crippen LogP contribution in [-0.2, 0) is 9.47 Å². The van der Waals surface area contributed by atoms with Gasteiger partial charge in [-0.15, -0.1) is 0 Å². The first-order valence-electron chi connectivity index (χ1n) is 11.7. The molecule has 2 aromatic heterocycles. The van der Waals surface area contributed by atoms with Gasteiger partial charge in [-0.2, -0.15) is 4.98 Å². The number of fused-ring (bicyclic) bond motifs is 2. The lowest BCUT2D eigenvalue weighted by Gasteiger charge is -2.16. The van der Waals surface area contributed by atoms with E-state index < -0.39 is 6.10 Å². The largest absolute Gasteiger partial charge is 0.456 e. The highest BCUT2D eigenvalue weighted by molar-refractivity contribution is 5.78. The Balaban J connectivity index is 1.21. The van der Waals surface area contributed by atoms with E-state index in [0.717, 1.165) is 52.3 Å². The third-order valence-electron chi connectivity index (χ3n) is 6.73. The molecule has 6 rings (SSSR count). The number of aliphatic hydroxyl groups excluding tert-OH is 1. The molecule has 4 atom stereocenters. The fourth-order valence-corrected chi connectivity index (χ4v) is 4.81. The van der Waals surface area contributed by atoms with Crippen LogP contribution in [0, 0.1) is 6.92 Å². The van der Waals surface area contributed by atoms with Gasteiger partial charge in [-0.1, -0.05) is 18.7 Å². The number of imidazole rings is 1. The van der Waals surface area contributed by atoms with Crippen molar-refractivity contribution in [3.05, 3.63) is 59.8 Å². The summed E-state index contributed by atoms with van der Waals surface area (Å²) in [6, 6.07) is 10.3. The van der Waals surface area contributed by atoms with E-state index in [0.29, 0.717) is 18.3 Å². The second-order valence-electron chi connectivity index (χ2n) is 9.20. The lowest BCUT2D eigenvalue weighted by molar-refractivity contribution is 0.00706. The Morgan fingerprint density at radius 1 is 1.17 bits per heavy atom. The van der Waals surface area contributed by atoms with Crippen LogP contribution in [0.25, 0.3) is 22.4 Å². The van der Waals surface area contributed by atoms with Crippen molar-refractivity contribution in [3.63, 3.8) is 0 Å². The average molecular weight is 477 g/mol. The first kappa shape index (κ1) is 22.2. The molecular formula is C25H28N6O4. The average Bonchev–Trinajstić information content (AvgIpc) is 3.62. The molecule has 5 N–H and O–H groups in total. The van der Waals surface area contributed by atoms with Crippen molar-refractivity contribution in [2.24, 2.45) is 5.84 Å². The quantitative estimate of drug-likeness (QED) is 0.320. The zero-order valence-electron chi connectivity index (χ0n) is 19.4. The molecule has 35 heavy (non-hydrogen) atoms. The van der Waals surface area contributed by atoms with Crippen molar-refractivity contribution in [1.29, 1.82) is 0 Å². The van der Waals surface area contributed by atoms with E-state index in [4.69, 9.17) is 25.0 Å². The van der Waals surface area contributed by atoms with Crippen molar-refractivity contribution in [3.8, 4) is 17.3 Å². The Morgan fingerprint density at radius 3 is 2.74 bits per heavy atom. The summed E-state index contributed by atoms with van der Waals surface area (Å²) in [7, 11) is 0. The molecule has 0 aliphatic carbocycles. The molecule has 5 heterocycles. The second-order valence-corrected chi connectivity index (χ2v) is 9.20. The maximum absolute atomic E-state index is 9.93. The van der Waals surface area contributed by atoms with Crippen molar-refractivity contribution < 1.29 is 19.3 Å². The molecule has 182 valence electrons. The number of ether oxygens (including phenoxy) is 3. The predicted molar refractivity (Wildman–Crippen MR) is 131 cm³/mol. The summed E-state index contributed by atoms with van der Waals surface area (Å²) in [5.74, 6) is 6.25. The van der Waals surface area contributed by atoms with Crippen LogP contribution in [0.5, 0.6) is 6.01 Å². The van der Waals surface area contributed by atoms with Gasteiger partial charge in [0.05, 0.1) is 30.1 Å². The van der Waals surface area contributed by atoms with Crippen LogP contribution in [0.15, 0.2) is 54.3 Å². The summed E-state index contributed by atoms with van der Waals surface area (Å²) >= 11 is 0. The number of aliphatic hydroxyl groups is 1. The molecule has 3 fully saturated rings. The van der Waals surface area contributed by atoms with Crippen LogP contribution < -0.4 is 20.9 Å². The predicted octanol–water partition coefficient (Wildman–Crippen LogP) is 1.56. The monoisotopic (exact) mass is 476 g/mol. The van der Waals surface area contributed by atoms with Gasteiger partial charge in [0.1, 0.15) is 18.3 Å². The number of hydrogen-bond acceptors (Lipinski definition) is 9. The minimum absolute atomic E-state index is 0.254. The molecule has 3 aliphatic heterocycles. The minimum atomic E-state index is -0.621. The first-order chi connectivity index (χ1) is 17.0. The van der Waals surface area contributed by atoms with E-state index in [-0.39, 0.29) is 24.9 Å². The molecule has 10 heteroatoms. The van der Waals surface area contributed by atoms with Crippen LogP contribution in [0.3, 0.4) is 0 Å². The molecule has 0 radical (unpaired) electrons. The highest BCUT2D eigenvalue weighted by Gasteiger charge is 2.48. The third kappa shape index (κ3) is 4.09. The summed E-state index contributed by atoms with van der Waals surface area (Å²) in [4.78, 5) is 12.5. The smallest absolute Gasteiger partial charge is 0.296 e. The zero-order chi connectivity index (χ0) is 24.1. The maximum atomic E-state index is 9.93. The highest BCUT2D eigenvalue weighted by atomic mass is 16.6. The first-order valence-corrected chi connectivity index (χ1v) is 11.7. The summed E-state index contributed by atoms with van der Waals surface area (Å²) < 4.78 is 17.3. The van der Waals surface area contributed by atoms with Crippen molar-refractivity contribution in [2.45, 2.75) is 31.3 Å². The third-order valence-corrected chi connectivity index (χ3v) is 6.73. The number of rotatable bonds is 5. The van der Waals surface area contributed by atoms with Gasteiger partial charge in [0.25, 0.3) is 6.01 Å². The van der Waals surface area contributed by atoms with Crippen LogP contribution >= 0.6 is 0 Å². The van der Waals surface area contributed by atoms with E-state index in [1.807, 2.05) is 43.5 Å². The highest BCUT2D eigenvalue weighted by Crippen LogP contribution is 2.31.